The van der Waals surface area contributed by atoms with Crippen LogP contribution < -0.4 is 31.9 Å². The number of carbonyl (C=O) groups excluding carboxylic acids is 1. The van der Waals surface area contributed by atoms with E-state index in [-0.39, 0.29) is 11.5 Å². The molecule has 0 bridgehead atoms. The van der Waals surface area contributed by atoms with Gasteiger partial charge in [0.15, 0.2) is 0 Å². The van der Waals surface area contributed by atoms with Gasteiger partial charge in [-0.15, -0.1) is 0 Å². The maximum Gasteiger partial charge on any atom is 0.333 e. The minimum Gasteiger partial charge on any atom is -0.497 e. The van der Waals surface area contributed by atoms with Gasteiger partial charge in [0.25, 0.3) is 5.56 Å². The number of unbranched alkanes of at least 4 members (excludes halogenated alkanes) is 1. The molecular formula is C21H29N5O5. The number of rotatable bonds is 8. The first-order valence-corrected chi connectivity index (χ1v) is 10.4. The summed E-state index contributed by atoms with van der Waals surface area (Å²) in [6.07, 6.45) is 1.58. The highest BCUT2D eigenvalue weighted by Gasteiger charge is 2.24. The Morgan fingerprint density at radius 1 is 1.23 bits per heavy atom. The second-order valence-corrected chi connectivity index (χ2v) is 7.29. The number of nitrogens with two attached hydrogens (primary N) is 1. The van der Waals surface area contributed by atoms with Crippen LogP contribution in [0, 0.1) is 0 Å². The normalized spacial score (nSPS) is 13.8. The van der Waals surface area contributed by atoms with E-state index in [0.29, 0.717) is 44.3 Å². The zero-order valence-corrected chi connectivity index (χ0v) is 17.9. The zero-order valence-electron chi connectivity index (χ0n) is 17.9. The monoisotopic (exact) mass is 431 g/mol. The number of morpholine rings is 1. The smallest absolute Gasteiger partial charge is 0.333 e. The van der Waals surface area contributed by atoms with Crippen LogP contribution in [0.1, 0.15) is 19.8 Å². The van der Waals surface area contributed by atoms with Gasteiger partial charge >= 0.3 is 5.69 Å². The first-order valence-electron chi connectivity index (χ1n) is 10.4. The van der Waals surface area contributed by atoms with Gasteiger partial charge in [-0.05, 0) is 18.6 Å². The minimum atomic E-state index is -0.589. The highest BCUT2D eigenvalue weighted by Crippen LogP contribution is 2.19. The number of hydrogen-bond acceptors (Lipinski definition) is 7. The van der Waals surface area contributed by atoms with Crippen molar-refractivity contribution < 1.29 is 14.3 Å². The van der Waals surface area contributed by atoms with E-state index in [9.17, 15) is 14.4 Å². The molecule has 2 heterocycles. The van der Waals surface area contributed by atoms with Crippen molar-refractivity contribution in [2.24, 2.45) is 0 Å². The Morgan fingerprint density at radius 3 is 2.65 bits per heavy atom. The molecule has 0 saturated carbocycles. The molecular weight excluding hydrogens is 402 g/mol. The van der Waals surface area contributed by atoms with Gasteiger partial charge in [-0.3, -0.25) is 14.2 Å². The van der Waals surface area contributed by atoms with E-state index in [2.05, 4.69) is 5.32 Å². The van der Waals surface area contributed by atoms with Crippen molar-refractivity contribution in [3.63, 3.8) is 0 Å². The lowest BCUT2D eigenvalue weighted by Gasteiger charge is -2.30. The number of carbonyl (C=O) groups is 1. The van der Waals surface area contributed by atoms with Crippen LogP contribution in [0.2, 0.25) is 0 Å². The lowest BCUT2D eigenvalue weighted by molar-refractivity contribution is -0.116. The number of benzene rings is 1. The topological polar surface area (TPSA) is 121 Å². The first kappa shape index (κ1) is 22.4. The molecule has 1 fully saturated rings. The molecule has 10 nitrogen and oxygen atoms in total. The molecule has 0 unspecified atom stereocenters. The maximum atomic E-state index is 13.2. The fraction of sp³-hybridized carbons (Fsp3) is 0.476. The van der Waals surface area contributed by atoms with Crippen molar-refractivity contribution in [1.82, 2.24) is 9.13 Å². The van der Waals surface area contributed by atoms with Crippen molar-refractivity contribution in [1.29, 1.82) is 0 Å². The molecule has 0 radical (unpaired) electrons. The summed E-state index contributed by atoms with van der Waals surface area (Å²) in [5, 5.41) is 2.70. The summed E-state index contributed by atoms with van der Waals surface area (Å²) in [6.45, 7) is 3.85. The summed E-state index contributed by atoms with van der Waals surface area (Å²) >= 11 is 0. The Hall–Kier alpha value is -3.27. The molecule has 2 aromatic rings. The predicted molar refractivity (Wildman–Crippen MR) is 119 cm³/mol. The average molecular weight is 431 g/mol. The number of amides is 1. The van der Waals surface area contributed by atoms with Crippen LogP contribution in [-0.2, 0) is 22.6 Å². The van der Waals surface area contributed by atoms with Crippen molar-refractivity contribution in [3.8, 4) is 5.75 Å². The lowest BCUT2D eigenvalue weighted by atomic mass is 10.3. The molecule has 0 atom stereocenters. The molecule has 31 heavy (non-hydrogen) atoms. The largest absolute Gasteiger partial charge is 0.497 e. The second kappa shape index (κ2) is 10.2. The maximum absolute atomic E-state index is 13.2. The summed E-state index contributed by atoms with van der Waals surface area (Å²) < 4.78 is 12.9. The fourth-order valence-electron chi connectivity index (χ4n) is 3.50. The molecule has 1 amide bonds. The van der Waals surface area contributed by atoms with Crippen LogP contribution >= 0.6 is 0 Å². The Labute approximate surface area is 180 Å². The highest BCUT2D eigenvalue weighted by atomic mass is 16.5. The number of aromatic nitrogens is 2. The van der Waals surface area contributed by atoms with Crippen molar-refractivity contribution in [2.75, 3.05) is 49.4 Å². The van der Waals surface area contributed by atoms with Gasteiger partial charge in [-0.1, -0.05) is 19.4 Å². The number of nitrogens with one attached hydrogen (secondary N) is 1. The number of methoxy groups -OCH3 is 1. The van der Waals surface area contributed by atoms with E-state index in [0.717, 1.165) is 17.4 Å². The van der Waals surface area contributed by atoms with Gasteiger partial charge in [0.1, 0.15) is 23.8 Å². The number of hydrogen-bond donors (Lipinski definition) is 2. The van der Waals surface area contributed by atoms with Crippen LogP contribution in [0.3, 0.4) is 0 Å². The van der Waals surface area contributed by atoms with Crippen LogP contribution in [0.5, 0.6) is 5.75 Å². The summed E-state index contributed by atoms with van der Waals surface area (Å²) in [5.41, 5.74) is 5.85. The fourth-order valence-corrected chi connectivity index (χ4v) is 3.50. The summed E-state index contributed by atoms with van der Waals surface area (Å²) in [7, 11) is 1.53. The lowest BCUT2D eigenvalue weighted by Crippen LogP contribution is -2.48. The van der Waals surface area contributed by atoms with E-state index in [1.165, 1.54) is 11.7 Å². The Morgan fingerprint density at radius 2 is 1.97 bits per heavy atom. The Bertz CT molecular complexity index is 1040. The molecule has 1 aliphatic heterocycles. The molecule has 10 heteroatoms. The van der Waals surface area contributed by atoms with Gasteiger partial charge in [-0.2, -0.15) is 0 Å². The van der Waals surface area contributed by atoms with Crippen LogP contribution in [-0.4, -0.2) is 48.5 Å². The van der Waals surface area contributed by atoms with Gasteiger partial charge < -0.3 is 25.4 Å². The zero-order chi connectivity index (χ0) is 22.4. The Balaban J connectivity index is 1.96. The van der Waals surface area contributed by atoms with Gasteiger partial charge in [0.05, 0.1) is 20.3 Å². The van der Waals surface area contributed by atoms with E-state index < -0.39 is 23.7 Å². The summed E-state index contributed by atoms with van der Waals surface area (Å²) in [5.74, 6) is 0.223. The van der Waals surface area contributed by atoms with E-state index in [1.807, 2.05) is 11.8 Å². The quantitative estimate of drug-likeness (QED) is 0.636. The number of nitrogens with zero attached hydrogens (tertiary/aromatic N) is 3. The van der Waals surface area contributed by atoms with E-state index in [4.69, 9.17) is 15.2 Å². The van der Waals surface area contributed by atoms with Crippen LogP contribution in [0.25, 0.3) is 0 Å². The molecule has 3 rings (SSSR count). The Kier molecular flexibility index (Phi) is 7.35. The van der Waals surface area contributed by atoms with E-state index >= 15 is 0 Å². The van der Waals surface area contributed by atoms with Gasteiger partial charge in [-0.25, -0.2) is 9.36 Å². The third-order valence-corrected chi connectivity index (χ3v) is 5.16. The van der Waals surface area contributed by atoms with Crippen molar-refractivity contribution in [3.05, 3.63) is 45.1 Å². The molecule has 3 N–H and O–H groups in total. The van der Waals surface area contributed by atoms with Crippen molar-refractivity contribution >= 4 is 23.1 Å². The SMILES string of the molecule is CCCCn1c(N)c(N2CCOCC2)c(=O)n(CC(=O)Nc2cccc(OC)c2)c1=O. The predicted octanol–water partition coefficient (Wildman–Crippen LogP) is 0.876. The number of ether oxygens (including phenoxy) is 2. The number of anilines is 3. The molecule has 1 saturated heterocycles. The summed E-state index contributed by atoms with van der Waals surface area (Å²) in [4.78, 5) is 40.7. The molecule has 1 aliphatic rings. The van der Waals surface area contributed by atoms with Gasteiger partial charge in [0, 0.05) is 31.4 Å². The first-order chi connectivity index (χ1) is 15.0. The van der Waals surface area contributed by atoms with Crippen LogP contribution in [0.4, 0.5) is 17.2 Å². The molecule has 0 spiro atoms. The average Bonchev–Trinajstić information content (AvgIpc) is 2.77. The third-order valence-electron chi connectivity index (χ3n) is 5.16. The van der Waals surface area contributed by atoms with Crippen molar-refractivity contribution in [2.45, 2.75) is 32.9 Å². The molecule has 1 aromatic heterocycles. The summed E-state index contributed by atoms with van der Waals surface area (Å²) in [6, 6.07) is 6.84. The molecule has 1 aromatic carbocycles. The second-order valence-electron chi connectivity index (χ2n) is 7.29. The van der Waals surface area contributed by atoms with Crippen LogP contribution in [0.15, 0.2) is 33.9 Å². The number of nitrogen functional groups attached to an aromatic ring is 1. The van der Waals surface area contributed by atoms with E-state index in [1.54, 1.807) is 24.3 Å². The molecule has 0 aliphatic carbocycles. The highest BCUT2D eigenvalue weighted by molar-refractivity contribution is 5.90. The minimum absolute atomic E-state index is 0.134. The van der Waals surface area contributed by atoms with Gasteiger partial charge in [0.2, 0.25) is 5.91 Å². The third kappa shape index (κ3) is 5.08. The molecule has 168 valence electrons. The standard InChI is InChI=1S/C21H29N5O5/c1-3-4-8-25-19(22)18(24-9-11-31-12-10-24)20(28)26(21(25)29)14-17(27)23-15-6-5-7-16(13-15)30-2/h5-7,13H,3-4,8-12,14,22H2,1-2H3,(H,23,27).